The average Bonchev–Trinajstić information content (AvgIpc) is 2.98. The maximum absolute atomic E-state index is 6.09. The van der Waals surface area contributed by atoms with Crippen molar-refractivity contribution in [1.29, 1.82) is 0 Å². The third kappa shape index (κ3) is 2.05. The van der Waals surface area contributed by atoms with E-state index in [1.54, 1.807) is 0 Å². The molecule has 1 aromatic carbocycles. The topological polar surface area (TPSA) is 30.9 Å². The molecular formula is C16H22N2. The minimum absolute atomic E-state index is 0.111. The molecule has 1 fully saturated rings. The molecule has 1 aromatic heterocycles. The normalized spacial score (nSPS) is 18.6. The molecule has 2 nitrogen and oxygen atoms in total. The van der Waals surface area contributed by atoms with Crippen LogP contribution < -0.4 is 5.73 Å². The van der Waals surface area contributed by atoms with E-state index in [-0.39, 0.29) is 6.04 Å². The molecule has 1 heterocycles. The van der Waals surface area contributed by atoms with Crippen molar-refractivity contribution in [3.05, 3.63) is 36.0 Å². The van der Waals surface area contributed by atoms with Gasteiger partial charge in [-0.2, -0.15) is 0 Å². The second-order valence-corrected chi connectivity index (χ2v) is 5.69. The second kappa shape index (κ2) is 4.77. The van der Waals surface area contributed by atoms with E-state index >= 15 is 0 Å². The van der Waals surface area contributed by atoms with E-state index in [0.29, 0.717) is 0 Å². The standard InChI is InChI=1S/C16H22N2/c1-12(17)15-11-18(10-13-6-2-3-7-13)16-9-5-4-8-14(15)16/h4-5,8-9,11-13H,2-3,6-7,10,17H2,1H3. The molecule has 18 heavy (non-hydrogen) atoms. The van der Waals surface area contributed by atoms with Gasteiger partial charge in [0.1, 0.15) is 0 Å². The first-order valence-corrected chi connectivity index (χ1v) is 7.09. The summed E-state index contributed by atoms with van der Waals surface area (Å²) in [7, 11) is 0. The summed E-state index contributed by atoms with van der Waals surface area (Å²) in [6.45, 7) is 3.23. The van der Waals surface area contributed by atoms with Crippen LogP contribution in [0.4, 0.5) is 0 Å². The Balaban J connectivity index is 2.00. The van der Waals surface area contributed by atoms with Crippen molar-refractivity contribution in [1.82, 2.24) is 4.57 Å². The minimum Gasteiger partial charge on any atom is -0.347 e. The Morgan fingerprint density at radius 2 is 2.00 bits per heavy atom. The smallest absolute Gasteiger partial charge is 0.0483 e. The highest BCUT2D eigenvalue weighted by molar-refractivity contribution is 5.84. The highest BCUT2D eigenvalue weighted by Gasteiger charge is 2.18. The van der Waals surface area contributed by atoms with Gasteiger partial charge in [0.25, 0.3) is 0 Å². The molecule has 1 aliphatic carbocycles. The molecule has 0 bridgehead atoms. The summed E-state index contributed by atoms with van der Waals surface area (Å²) in [4.78, 5) is 0. The van der Waals surface area contributed by atoms with Crippen LogP contribution in [0.15, 0.2) is 30.5 Å². The number of para-hydroxylation sites is 1. The van der Waals surface area contributed by atoms with Crippen LogP contribution >= 0.6 is 0 Å². The lowest BCUT2D eigenvalue weighted by molar-refractivity contribution is 0.465. The number of nitrogens with two attached hydrogens (primary N) is 1. The number of hydrogen-bond donors (Lipinski definition) is 1. The largest absolute Gasteiger partial charge is 0.347 e. The molecular weight excluding hydrogens is 220 g/mol. The molecule has 96 valence electrons. The fraction of sp³-hybridized carbons (Fsp3) is 0.500. The predicted octanol–water partition coefficient (Wildman–Crippen LogP) is 3.85. The third-order valence-corrected chi connectivity index (χ3v) is 4.24. The fourth-order valence-electron chi connectivity index (χ4n) is 3.26. The Kier molecular flexibility index (Phi) is 3.13. The first kappa shape index (κ1) is 11.8. The van der Waals surface area contributed by atoms with Gasteiger partial charge in [0, 0.05) is 29.7 Å². The summed E-state index contributed by atoms with van der Waals surface area (Å²) in [5.74, 6) is 0.863. The Morgan fingerprint density at radius 3 is 2.72 bits per heavy atom. The second-order valence-electron chi connectivity index (χ2n) is 5.69. The predicted molar refractivity (Wildman–Crippen MR) is 76.5 cm³/mol. The Labute approximate surface area is 109 Å². The van der Waals surface area contributed by atoms with Crippen molar-refractivity contribution < 1.29 is 0 Å². The molecule has 1 aliphatic rings. The summed E-state index contributed by atoms with van der Waals surface area (Å²) in [5.41, 5.74) is 8.71. The zero-order chi connectivity index (χ0) is 12.5. The molecule has 2 aromatic rings. The Bertz CT molecular complexity index is 533. The lowest BCUT2D eigenvalue weighted by Gasteiger charge is -2.11. The summed E-state index contributed by atoms with van der Waals surface area (Å²) in [5, 5.41) is 1.32. The summed E-state index contributed by atoms with van der Waals surface area (Å²) < 4.78 is 2.42. The van der Waals surface area contributed by atoms with Gasteiger partial charge in [-0.3, -0.25) is 0 Å². The number of aromatic nitrogens is 1. The summed E-state index contributed by atoms with van der Waals surface area (Å²) in [6, 6.07) is 8.75. The molecule has 1 unspecified atom stereocenters. The summed E-state index contributed by atoms with van der Waals surface area (Å²) in [6.07, 6.45) is 7.86. The summed E-state index contributed by atoms with van der Waals surface area (Å²) >= 11 is 0. The average molecular weight is 242 g/mol. The molecule has 0 radical (unpaired) electrons. The molecule has 2 heteroatoms. The van der Waals surface area contributed by atoms with Crippen molar-refractivity contribution in [3.63, 3.8) is 0 Å². The van der Waals surface area contributed by atoms with Crippen LogP contribution in [0, 0.1) is 5.92 Å². The maximum atomic E-state index is 6.09. The van der Waals surface area contributed by atoms with Crippen molar-refractivity contribution in [2.24, 2.45) is 11.7 Å². The fourth-order valence-corrected chi connectivity index (χ4v) is 3.26. The zero-order valence-corrected chi connectivity index (χ0v) is 11.1. The van der Waals surface area contributed by atoms with Gasteiger partial charge >= 0.3 is 0 Å². The van der Waals surface area contributed by atoms with Gasteiger partial charge in [0.15, 0.2) is 0 Å². The maximum Gasteiger partial charge on any atom is 0.0483 e. The van der Waals surface area contributed by atoms with Crippen LogP contribution in [0.5, 0.6) is 0 Å². The molecule has 0 amide bonds. The van der Waals surface area contributed by atoms with Crippen LogP contribution in [0.3, 0.4) is 0 Å². The first-order valence-electron chi connectivity index (χ1n) is 7.09. The van der Waals surface area contributed by atoms with Crippen molar-refractivity contribution in [3.8, 4) is 0 Å². The highest BCUT2D eigenvalue weighted by atomic mass is 15.0. The highest BCUT2D eigenvalue weighted by Crippen LogP contribution is 2.30. The minimum atomic E-state index is 0.111. The number of benzene rings is 1. The monoisotopic (exact) mass is 242 g/mol. The molecule has 1 atom stereocenters. The van der Waals surface area contributed by atoms with Gasteiger partial charge in [-0.15, -0.1) is 0 Å². The first-order chi connectivity index (χ1) is 8.75. The van der Waals surface area contributed by atoms with Crippen LogP contribution in [0.25, 0.3) is 10.9 Å². The number of fused-ring (bicyclic) bond motifs is 1. The number of hydrogen-bond acceptors (Lipinski definition) is 1. The van der Waals surface area contributed by atoms with Gasteiger partial charge in [-0.05, 0) is 37.3 Å². The molecule has 3 rings (SSSR count). The molecule has 0 saturated heterocycles. The van der Waals surface area contributed by atoms with Gasteiger partial charge in [0.05, 0.1) is 0 Å². The van der Waals surface area contributed by atoms with Crippen LogP contribution in [0.1, 0.15) is 44.2 Å². The van der Waals surface area contributed by atoms with E-state index < -0.39 is 0 Å². The van der Waals surface area contributed by atoms with Crippen molar-refractivity contribution in [2.45, 2.75) is 45.2 Å². The van der Waals surface area contributed by atoms with E-state index in [2.05, 4.69) is 42.0 Å². The number of nitrogens with zero attached hydrogens (tertiary/aromatic N) is 1. The Morgan fingerprint density at radius 1 is 1.28 bits per heavy atom. The van der Waals surface area contributed by atoms with Gasteiger partial charge in [-0.1, -0.05) is 31.0 Å². The van der Waals surface area contributed by atoms with Crippen molar-refractivity contribution in [2.75, 3.05) is 0 Å². The van der Waals surface area contributed by atoms with Crippen LogP contribution in [-0.2, 0) is 6.54 Å². The van der Waals surface area contributed by atoms with Gasteiger partial charge in [0.2, 0.25) is 0 Å². The van der Waals surface area contributed by atoms with Crippen LogP contribution in [-0.4, -0.2) is 4.57 Å². The van der Waals surface area contributed by atoms with Crippen LogP contribution in [0.2, 0.25) is 0 Å². The van der Waals surface area contributed by atoms with E-state index in [1.165, 1.54) is 42.1 Å². The van der Waals surface area contributed by atoms with E-state index in [0.717, 1.165) is 12.5 Å². The van der Waals surface area contributed by atoms with E-state index in [4.69, 9.17) is 5.73 Å². The van der Waals surface area contributed by atoms with Gasteiger partial charge < -0.3 is 10.3 Å². The molecule has 0 aliphatic heterocycles. The quantitative estimate of drug-likeness (QED) is 0.870. The van der Waals surface area contributed by atoms with Crippen molar-refractivity contribution >= 4 is 10.9 Å². The SMILES string of the molecule is CC(N)c1cn(CC2CCCC2)c2ccccc12. The molecule has 1 saturated carbocycles. The zero-order valence-electron chi connectivity index (χ0n) is 11.1. The third-order valence-electron chi connectivity index (χ3n) is 4.24. The van der Waals surface area contributed by atoms with E-state index in [1.807, 2.05) is 0 Å². The van der Waals surface area contributed by atoms with E-state index in [9.17, 15) is 0 Å². The number of rotatable bonds is 3. The lowest BCUT2D eigenvalue weighted by atomic mass is 10.1. The Hall–Kier alpha value is -1.28. The lowest BCUT2D eigenvalue weighted by Crippen LogP contribution is -2.07. The molecule has 2 N–H and O–H groups in total. The molecule has 0 spiro atoms. The van der Waals surface area contributed by atoms with Gasteiger partial charge in [-0.25, -0.2) is 0 Å².